The van der Waals surface area contributed by atoms with Crippen molar-refractivity contribution in [2.45, 2.75) is 38.6 Å². The van der Waals surface area contributed by atoms with E-state index in [4.69, 9.17) is 5.21 Å². The van der Waals surface area contributed by atoms with Crippen molar-refractivity contribution in [3.05, 3.63) is 34.9 Å². The lowest BCUT2D eigenvalue weighted by Crippen LogP contribution is -2.39. The predicted octanol–water partition coefficient (Wildman–Crippen LogP) is 2.00. The predicted molar refractivity (Wildman–Crippen MR) is 76.9 cm³/mol. The van der Waals surface area contributed by atoms with Gasteiger partial charge in [-0.15, -0.1) is 0 Å². The summed E-state index contributed by atoms with van der Waals surface area (Å²) in [7, 11) is 0. The van der Waals surface area contributed by atoms with Crippen molar-refractivity contribution in [1.82, 2.24) is 10.4 Å². The number of fused-ring (bicyclic) bond motifs is 2. The van der Waals surface area contributed by atoms with Crippen molar-refractivity contribution in [2.75, 3.05) is 13.1 Å². The monoisotopic (exact) mass is 274 g/mol. The molecule has 3 rings (SSSR count). The van der Waals surface area contributed by atoms with E-state index in [0.717, 1.165) is 18.4 Å². The molecule has 1 saturated heterocycles. The SMILES string of the molecule is CCCN1CC[C@H]2Cc3c(cccc3C(=O)NO)C[C@@H]21. The van der Waals surface area contributed by atoms with Crippen LogP contribution in [0.25, 0.3) is 0 Å². The summed E-state index contributed by atoms with van der Waals surface area (Å²) in [5, 5.41) is 8.88. The third-order valence-electron chi connectivity index (χ3n) is 4.83. The van der Waals surface area contributed by atoms with Crippen LogP contribution in [0.2, 0.25) is 0 Å². The van der Waals surface area contributed by atoms with Gasteiger partial charge in [0.2, 0.25) is 0 Å². The number of carbonyl (C=O) groups excluding carboxylic acids is 1. The second kappa shape index (κ2) is 5.54. The molecule has 2 N–H and O–H groups in total. The van der Waals surface area contributed by atoms with Gasteiger partial charge in [-0.3, -0.25) is 14.9 Å². The van der Waals surface area contributed by atoms with Gasteiger partial charge < -0.3 is 0 Å². The fourth-order valence-corrected chi connectivity index (χ4v) is 3.91. The molecule has 20 heavy (non-hydrogen) atoms. The molecule has 1 aromatic rings. The molecule has 1 fully saturated rings. The maximum atomic E-state index is 11.8. The molecule has 0 spiro atoms. The average Bonchev–Trinajstić information content (AvgIpc) is 2.86. The molecule has 1 aromatic carbocycles. The normalized spacial score (nSPS) is 25.1. The number of carbonyl (C=O) groups is 1. The molecule has 0 radical (unpaired) electrons. The Balaban J connectivity index is 1.90. The van der Waals surface area contributed by atoms with Gasteiger partial charge in [0, 0.05) is 11.6 Å². The highest BCUT2D eigenvalue weighted by molar-refractivity contribution is 5.95. The third-order valence-corrected chi connectivity index (χ3v) is 4.83. The first kappa shape index (κ1) is 13.6. The molecule has 4 heteroatoms. The Hall–Kier alpha value is -1.39. The van der Waals surface area contributed by atoms with Gasteiger partial charge >= 0.3 is 0 Å². The second-order valence-electron chi connectivity index (χ2n) is 5.94. The van der Waals surface area contributed by atoms with E-state index in [1.54, 1.807) is 5.48 Å². The molecule has 108 valence electrons. The van der Waals surface area contributed by atoms with Crippen LogP contribution in [-0.4, -0.2) is 35.1 Å². The van der Waals surface area contributed by atoms with Crippen molar-refractivity contribution >= 4 is 5.91 Å². The molecule has 0 saturated carbocycles. The molecule has 1 aliphatic carbocycles. The Morgan fingerprint density at radius 2 is 2.30 bits per heavy atom. The fourth-order valence-electron chi connectivity index (χ4n) is 3.91. The molecule has 0 unspecified atom stereocenters. The lowest BCUT2D eigenvalue weighted by Gasteiger charge is -2.33. The smallest absolute Gasteiger partial charge is 0.274 e. The van der Waals surface area contributed by atoms with Crippen molar-refractivity contribution in [2.24, 2.45) is 5.92 Å². The number of hydrogen-bond acceptors (Lipinski definition) is 3. The molecule has 2 atom stereocenters. The lowest BCUT2D eigenvalue weighted by molar-refractivity contribution is 0.0704. The van der Waals surface area contributed by atoms with Crippen molar-refractivity contribution < 1.29 is 10.0 Å². The minimum absolute atomic E-state index is 0.385. The molecule has 1 heterocycles. The summed E-state index contributed by atoms with van der Waals surface area (Å²) in [6.45, 7) is 4.58. The standard InChI is InChI=1S/C16H22N2O2/c1-2-7-18-8-6-12-9-14-11(10-15(12)18)4-3-5-13(14)16(19)17-20/h3-5,12,15,20H,2,6-10H2,1H3,(H,17,19)/t12-,15-/m0/s1. The number of hydroxylamine groups is 1. The highest BCUT2D eigenvalue weighted by atomic mass is 16.5. The van der Waals surface area contributed by atoms with E-state index in [1.165, 1.54) is 31.5 Å². The molecule has 1 aliphatic heterocycles. The first-order chi connectivity index (χ1) is 9.74. The Kier molecular flexibility index (Phi) is 3.76. The summed E-state index contributed by atoms with van der Waals surface area (Å²) in [5.74, 6) is 0.269. The van der Waals surface area contributed by atoms with E-state index >= 15 is 0 Å². The van der Waals surface area contributed by atoms with Crippen LogP contribution in [0.1, 0.15) is 41.3 Å². The summed E-state index contributed by atoms with van der Waals surface area (Å²) in [5.41, 5.74) is 4.82. The van der Waals surface area contributed by atoms with Gasteiger partial charge in [0.25, 0.3) is 5.91 Å². The van der Waals surface area contributed by atoms with Crippen molar-refractivity contribution in [1.29, 1.82) is 0 Å². The zero-order valence-corrected chi connectivity index (χ0v) is 11.9. The molecule has 2 aliphatic rings. The Labute approximate surface area is 119 Å². The van der Waals surface area contributed by atoms with Gasteiger partial charge in [0.1, 0.15) is 0 Å². The van der Waals surface area contributed by atoms with E-state index < -0.39 is 0 Å². The zero-order chi connectivity index (χ0) is 14.1. The van der Waals surface area contributed by atoms with Gasteiger partial charge in [-0.1, -0.05) is 19.1 Å². The van der Waals surface area contributed by atoms with Crippen LogP contribution in [0.5, 0.6) is 0 Å². The van der Waals surface area contributed by atoms with Gasteiger partial charge in [0.05, 0.1) is 0 Å². The fraction of sp³-hybridized carbons (Fsp3) is 0.562. The number of rotatable bonds is 3. The first-order valence-electron chi connectivity index (χ1n) is 7.53. The number of amides is 1. The summed E-state index contributed by atoms with van der Waals surface area (Å²) < 4.78 is 0. The molecular formula is C16H22N2O2. The summed E-state index contributed by atoms with van der Waals surface area (Å²) in [6, 6.07) is 6.49. The van der Waals surface area contributed by atoms with Crippen molar-refractivity contribution in [3.8, 4) is 0 Å². The van der Waals surface area contributed by atoms with E-state index in [0.29, 0.717) is 17.5 Å². The van der Waals surface area contributed by atoms with Crippen LogP contribution >= 0.6 is 0 Å². The largest absolute Gasteiger partial charge is 0.300 e. The van der Waals surface area contributed by atoms with Crippen LogP contribution in [0, 0.1) is 5.92 Å². The maximum absolute atomic E-state index is 11.8. The number of nitrogens with zero attached hydrogens (tertiary/aromatic N) is 1. The van der Waals surface area contributed by atoms with E-state index in [9.17, 15) is 4.79 Å². The number of hydrogen-bond donors (Lipinski definition) is 2. The highest BCUT2D eigenvalue weighted by Gasteiger charge is 2.38. The Morgan fingerprint density at radius 3 is 3.05 bits per heavy atom. The number of benzene rings is 1. The summed E-state index contributed by atoms with van der Waals surface area (Å²) >= 11 is 0. The minimum Gasteiger partial charge on any atom is -0.300 e. The maximum Gasteiger partial charge on any atom is 0.274 e. The van der Waals surface area contributed by atoms with Gasteiger partial charge in [-0.05, 0) is 61.9 Å². The van der Waals surface area contributed by atoms with Crippen LogP contribution in [0.3, 0.4) is 0 Å². The van der Waals surface area contributed by atoms with Gasteiger partial charge in [-0.2, -0.15) is 0 Å². The van der Waals surface area contributed by atoms with Crippen LogP contribution in [-0.2, 0) is 12.8 Å². The quantitative estimate of drug-likeness (QED) is 0.655. The van der Waals surface area contributed by atoms with Gasteiger partial charge in [0.15, 0.2) is 0 Å². The Bertz CT molecular complexity index is 515. The molecule has 0 bridgehead atoms. The Morgan fingerprint density at radius 1 is 1.45 bits per heavy atom. The molecule has 1 amide bonds. The molecular weight excluding hydrogens is 252 g/mol. The lowest BCUT2D eigenvalue weighted by atomic mass is 9.78. The van der Waals surface area contributed by atoms with Crippen molar-refractivity contribution in [3.63, 3.8) is 0 Å². The zero-order valence-electron chi connectivity index (χ0n) is 11.9. The minimum atomic E-state index is -0.385. The topological polar surface area (TPSA) is 52.6 Å². The van der Waals surface area contributed by atoms with E-state index in [2.05, 4.69) is 17.9 Å². The number of likely N-dealkylation sites (tertiary alicyclic amines) is 1. The molecule has 0 aromatic heterocycles. The van der Waals surface area contributed by atoms with Gasteiger partial charge in [-0.25, -0.2) is 5.48 Å². The second-order valence-corrected chi connectivity index (χ2v) is 5.94. The molecule has 4 nitrogen and oxygen atoms in total. The van der Waals surface area contributed by atoms with Crippen LogP contribution < -0.4 is 5.48 Å². The van der Waals surface area contributed by atoms with Crippen LogP contribution in [0.4, 0.5) is 0 Å². The summed E-state index contributed by atoms with van der Waals surface area (Å²) in [4.78, 5) is 14.4. The number of nitrogens with one attached hydrogen (secondary N) is 1. The summed E-state index contributed by atoms with van der Waals surface area (Å²) in [6.07, 6.45) is 4.42. The average molecular weight is 274 g/mol. The highest BCUT2D eigenvalue weighted by Crippen LogP contribution is 2.37. The first-order valence-corrected chi connectivity index (χ1v) is 7.53. The van der Waals surface area contributed by atoms with E-state index in [1.807, 2.05) is 12.1 Å². The van der Waals surface area contributed by atoms with E-state index in [-0.39, 0.29) is 5.91 Å². The third kappa shape index (κ3) is 2.23. The van der Waals surface area contributed by atoms with Crippen LogP contribution in [0.15, 0.2) is 18.2 Å².